The Bertz CT molecular complexity index is 302. The summed E-state index contributed by atoms with van der Waals surface area (Å²) in [5.41, 5.74) is 3.79. The number of aromatic nitrogens is 1. The number of anilines is 1. The lowest BCUT2D eigenvalue weighted by molar-refractivity contribution is 0.642. The van der Waals surface area contributed by atoms with Crippen LogP contribution in [0.25, 0.3) is 0 Å². The quantitative estimate of drug-likeness (QED) is 0.597. The molecular weight excluding hydrogens is 206 g/mol. The molecule has 1 unspecified atom stereocenters. The molecule has 0 bridgehead atoms. The molecule has 1 atom stereocenters. The molecule has 0 fully saturated rings. The number of hydrogen-bond donors (Lipinski definition) is 2. The number of nitrogens with two attached hydrogens (primary N) is 1. The van der Waals surface area contributed by atoms with Crippen LogP contribution in [0, 0.1) is 5.92 Å². The third kappa shape index (κ3) is 3.72. The van der Waals surface area contributed by atoms with Crippen LogP contribution in [-0.2, 0) is 5.75 Å². The summed E-state index contributed by atoms with van der Waals surface area (Å²) in [5, 5.41) is 0.649. The van der Waals surface area contributed by atoms with E-state index in [1.807, 2.05) is 17.8 Å². The highest BCUT2D eigenvalue weighted by molar-refractivity contribution is 7.99. The largest absolute Gasteiger partial charge is 0.308 e. The van der Waals surface area contributed by atoms with Crippen molar-refractivity contribution in [3.63, 3.8) is 0 Å². The highest BCUT2D eigenvalue weighted by Crippen LogP contribution is 2.25. The molecule has 1 heterocycles. The Morgan fingerprint density at radius 3 is 2.80 bits per heavy atom. The standard InChI is InChI=1S/C11H19N3S/c1-8(2)9(3)15-7-10-5-4-6-13-11(10)14-12/h4-6,8-9H,7,12H2,1-3H3,(H,13,14). The Morgan fingerprint density at radius 1 is 1.47 bits per heavy atom. The van der Waals surface area contributed by atoms with E-state index < -0.39 is 0 Å². The second-order valence-electron chi connectivity index (χ2n) is 3.92. The van der Waals surface area contributed by atoms with Crippen molar-refractivity contribution >= 4 is 17.6 Å². The van der Waals surface area contributed by atoms with Crippen LogP contribution in [-0.4, -0.2) is 10.2 Å². The molecule has 0 aromatic carbocycles. The van der Waals surface area contributed by atoms with Crippen molar-refractivity contribution in [2.45, 2.75) is 31.8 Å². The molecule has 15 heavy (non-hydrogen) atoms. The topological polar surface area (TPSA) is 50.9 Å². The minimum Gasteiger partial charge on any atom is -0.308 e. The number of hydrazine groups is 1. The lowest BCUT2D eigenvalue weighted by atomic mass is 10.2. The summed E-state index contributed by atoms with van der Waals surface area (Å²) in [6, 6.07) is 4.00. The summed E-state index contributed by atoms with van der Waals surface area (Å²) < 4.78 is 0. The number of nitrogens with one attached hydrogen (secondary N) is 1. The lowest BCUT2D eigenvalue weighted by Gasteiger charge is -2.15. The van der Waals surface area contributed by atoms with Gasteiger partial charge in [-0.3, -0.25) is 0 Å². The van der Waals surface area contributed by atoms with Gasteiger partial charge in [-0.05, 0) is 12.0 Å². The molecule has 1 rings (SSSR count). The number of pyridine rings is 1. The van der Waals surface area contributed by atoms with E-state index in [0.717, 1.165) is 17.1 Å². The van der Waals surface area contributed by atoms with Crippen molar-refractivity contribution in [2.75, 3.05) is 5.43 Å². The summed E-state index contributed by atoms with van der Waals surface area (Å²) in [4.78, 5) is 4.17. The maximum absolute atomic E-state index is 5.40. The van der Waals surface area contributed by atoms with Crippen molar-refractivity contribution in [3.8, 4) is 0 Å². The van der Waals surface area contributed by atoms with Gasteiger partial charge in [0.2, 0.25) is 0 Å². The van der Waals surface area contributed by atoms with Gasteiger partial charge >= 0.3 is 0 Å². The van der Waals surface area contributed by atoms with Gasteiger partial charge in [0.25, 0.3) is 0 Å². The summed E-state index contributed by atoms with van der Waals surface area (Å²) in [5.74, 6) is 7.82. The minimum atomic E-state index is 0.649. The first-order valence-electron chi connectivity index (χ1n) is 5.17. The average molecular weight is 225 g/mol. The van der Waals surface area contributed by atoms with E-state index in [1.54, 1.807) is 6.20 Å². The summed E-state index contributed by atoms with van der Waals surface area (Å²) in [6.45, 7) is 6.73. The molecule has 1 aromatic rings. The first-order valence-corrected chi connectivity index (χ1v) is 6.22. The zero-order valence-corrected chi connectivity index (χ0v) is 10.3. The van der Waals surface area contributed by atoms with Gasteiger partial charge in [-0.25, -0.2) is 10.8 Å². The Morgan fingerprint density at radius 2 is 2.20 bits per heavy atom. The molecule has 3 N–H and O–H groups in total. The average Bonchev–Trinajstić information content (AvgIpc) is 2.26. The Balaban J connectivity index is 2.57. The third-order valence-corrected chi connectivity index (χ3v) is 4.02. The van der Waals surface area contributed by atoms with Crippen molar-refractivity contribution in [2.24, 2.45) is 11.8 Å². The molecule has 84 valence electrons. The smallest absolute Gasteiger partial charge is 0.143 e. The first-order chi connectivity index (χ1) is 7.15. The van der Waals surface area contributed by atoms with Crippen LogP contribution in [0.4, 0.5) is 5.82 Å². The van der Waals surface area contributed by atoms with Crippen LogP contribution in [0.1, 0.15) is 26.3 Å². The van der Waals surface area contributed by atoms with Gasteiger partial charge in [-0.2, -0.15) is 11.8 Å². The Hall–Kier alpha value is -0.740. The van der Waals surface area contributed by atoms with E-state index >= 15 is 0 Å². The Labute approximate surface area is 95.8 Å². The van der Waals surface area contributed by atoms with Crippen molar-refractivity contribution < 1.29 is 0 Å². The fourth-order valence-corrected chi connectivity index (χ4v) is 2.16. The lowest BCUT2D eigenvalue weighted by Crippen LogP contribution is -2.11. The van der Waals surface area contributed by atoms with E-state index in [1.165, 1.54) is 0 Å². The molecular formula is C11H19N3S. The van der Waals surface area contributed by atoms with Crippen LogP contribution < -0.4 is 11.3 Å². The molecule has 0 saturated heterocycles. The summed E-state index contributed by atoms with van der Waals surface area (Å²) in [6.07, 6.45) is 1.75. The molecule has 4 heteroatoms. The predicted octanol–water partition coefficient (Wildman–Crippen LogP) is 2.64. The molecule has 0 radical (unpaired) electrons. The second-order valence-corrected chi connectivity index (χ2v) is 5.28. The highest BCUT2D eigenvalue weighted by Gasteiger charge is 2.09. The number of nitrogen functional groups attached to an aromatic ring is 1. The van der Waals surface area contributed by atoms with Crippen LogP contribution in [0.2, 0.25) is 0 Å². The SMILES string of the molecule is CC(C)C(C)SCc1cccnc1NN. The normalized spacial score (nSPS) is 12.9. The van der Waals surface area contributed by atoms with Gasteiger partial charge in [0.15, 0.2) is 0 Å². The fourth-order valence-electron chi connectivity index (χ4n) is 1.10. The molecule has 1 aromatic heterocycles. The van der Waals surface area contributed by atoms with Gasteiger partial charge in [-0.1, -0.05) is 26.8 Å². The first kappa shape index (κ1) is 12.3. The number of thioether (sulfide) groups is 1. The molecule has 0 saturated carbocycles. The van der Waals surface area contributed by atoms with Gasteiger partial charge in [0.05, 0.1) is 0 Å². The van der Waals surface area contributed by atoms with Crippen LogP contribution in [0.15, 0.2) is 18.3 Å². The number of rotatable bonds is 5. The van der Waals surface area contributed by atoms with Crippen molar-refractivity contribution in [1.29, 1.82) is 0 Å². The fraction of sp³-hybridized carbons (Fsp3) is 0.545. The van der Waals surface area contributed by atoms with E-state index in [9.17, 15) is 0 Å². The molecule has 0 aliphatic rings. The van der Waals surface area contributed by atoms with E-state index in [-0.39, 0.29) is 0 Å². The van der Waals surface area contributed by atoms with Gasteiger partial charge in [0.1, 0.15) is 5.82 Å². The maximum atomic E-state index is 5.40. The molecule has 0 spiro atoms. The highest BCUT2D eigenvalue weighted by atomic mass is 32.2. The van der Waals surface area contributed by atoms with E-state index in [2.05, 4.69) is 37.2 Å². The number of hydrogen-bond acceptors (Lipinski definition) is 4. The molecule has 0 aliphatic carbocycles. The second kappa shape index (κ2) is 5.98. The molecule has 0 aliphatic heterocycles. The minimum absolute atomic E-state index is 0.649. The zero-order chi connectivity index (χ0) is 11.3. The van der Waals surface area contributed by atoms with Gasteiger partial charge < -0.3 is 5.43 Å². The van der Waals surface area contributed by atoms with Crippen molar-refractivity contribution in [1.82, 2.24) is 4.98 Å². The summed E-state index contributed by atoms with van der Waals surface area (Å²) >= 11 is 1.93. The van der Waals surface area contributed by atoms with Crippen LogP contribution >= 0.6 is 11.8 Å². The van der Waals surface area contributed by atoms with E-state index in [0.29, 0.717) is 11.2 Å². The van der Waals surface area contributed by atoms with Crippen LogP contribution in [0.5, 0.6) is 0 Å². The summed E-state index contributed by atoms with van der Waals surface area (Å²) in [7, 11) is 0. The van der Waals surface area contributed by atoms with Crippen molar-refractivity contribution in [3.05, 3.63) is 23.9 Å². The van der Waals surface area contributed by atoms with Crippen LogP contribution in [0.3, 0.4) is 0 Å². The van der Waals surface area contributed by atoms with Gasteiger partial charge in [0, 0.05) is 22.8 Å². The zero-order valence-electron chi connectivity index (χ0n) is 9.53. The third-order valence-electron chi connectivity index (χ3n) is 2.47. The predicted molar refractivity (Wildman–Crippen MR) is 67.6 cm³/mol. The Kier molecular flexibility index (Phi) is 4.91. The monoisotopic (exact) mass is 225 g/mol. The van der Waals surface area contributed by atoms with Gasteiger partial charge in [-0.15, -0.1) is 0 Å². The molecule has 0 amide bonds. The van der Waals surface area contributed by atoms with E-state index in [4.69, 9.17) is 5.84 Å². The number of nitrogens with zero attached hydrogens (tertiary/aromatic N) is 1. The molecule has 3 nitrogen and oxygen atoms in total. The maximum Gasteiger partial charge on any atom is 0.143 e.